The molecule has 1 saturated heterocycles. The summed E-state index contributed by atoms with van der Waals surface area (Å²) in [6, 6.07) is 6.96. The van der Waals surface area contributed by atoms with E-state index in [-0.39, 0.29) is 31.1 Å². The van der Waals surface area contributed by atoms with Crippen molar-refractivity contribution in [1.29, 1.82) is 0 Å². The molecule has 3 aliphatic rings. The fourth-order valence-electron chi connectivity index (χ4n) is 5.52. The van der Waals surface area contributed by atoms with Gasteiger partial charge < -0.3 is 14.6 Å². The molecule has 11 heteroatoms. The van der Waals surface area contributed by atoms with Crippen LogP contribution in [0.3, 0.4) is 0 Å². The summed E-state index contributed by atoms with van der Waals surface area (Å²) < 4.78 is 91.6. The molecule has 38 heavy (non-hydrogen) atoms. The van der Waals surface area contributed by atoms with Crippen LogP contribution in [-0.2, 0) is 23.7 Å². The number of carboxylic acid groups (broad SMARTS) is 1. The summed E-state index contributed by atoms with van der Waals surface area (Å²) in [6.45, 7) is 2.36. The first-order chi connectivity index (χ1) is 17.8. The molecule has 3 atom stereocenters. The van der Waals surface area contributed by atoms with E-state index in [1.54, 1.807) is 17.9 Å². The third-order valence-electron chi connectivity index (χ3n) is 7.74. The van der Waals surface area contributed by atoms with Crippen LogP contribution in [0.5, 0.6) is 11.5 Å². The largest absolute Gasteiger partial charge is 0.486 e. The lowest BCUT2D eigenvalue weighted by atomic mass is 9.83. The fraction of sp³-hybridized carbons (Fsp3) is 0.519. The zero-order valence-corrected chi connectivity index (χ0v) is 20.5. The number of fused-ring (bicyclic) bond motifs is 1. The summed E-state index contributed by atoms with van der Waals surface area (Å²) in [7, 11) is 0. The van der Waals surface area contributed by atoms with Gasteiger partial charge in [-0.05, 0) is 66.1 Å². The Balaban J connectivity index is 1.26. The summed E-state index contributed by atoms with van der Waals surface area (Å²) in [5.41, 5.74) is -1.74. The number of carbonyl (C=O) groups is 1. The molecule has 0 radical (unpaired) electrons. The van der Waals surface area contributed by atoms with Gasteiger partial charge in [0.1, 0.15) is 12.7 Å². The Morgan fingerprint density at radius 2 is 1.74 bits per heavy atom. The maximum Gasteiger partial charge on any atom is 0.416 e. The van der Waals surface area contributed by atoms with Gasteiger partial charge >= 0.3 is 18.3 Å². The van der Waals surface area contributed by atoms with E-state index in [0.29, 0.717) is 48.7 Å². The first kappa shape index (κ1) is 26.6. The highest BCUT2D eigenvalue weighted by molar-refractivity contribution is 5.71. The Hall–Kier alpha value is -2.95. The molecule has 0 amide bonds. The summed E-state index contributed by atoms with van der Waals surface area (Å²) in [4.78, 5) is 13.3. The van der Waals surface area contributed by atoms with Crippen molar-refractivity contribution in [1.82, 2.24) is 4.90 Å². The van der Waals surface area contributed by atoms with Crippen LogP contribution in [0, 0.1) is 17.8 Å². The van der Waals surface area contributed by atoms with Crippen molar-refractivity contribution in [3.05, 3.63) is 58.7 Å². The number of hydrogen-bond donors (Lipinski definition) is 1. The lowest BCUT2D eigenvalue weighted by Crippen LogP contribution is -2.55. The third kappa shape index (κ3) is 5.43. The zero-order chi connectivity index (χ0) is 27.4. The average Bonchev–Trinajstić information content (AvgIpc) is 3.64. The smallest absolute Gasteiger partial charge is 0.416 e. The minimum atomic E-state index is -4.76. The lowest BCUT2D eigenvalue weighted by molar-refractivity contribution is -0.142. The van der Waals surface area contributed by atoms with Gasteiger partial charge in [-0.25, -0.2) is 0 Å². The molecule has 0 spiro atoms. The van der Waals surface area contributed by atoms with Crippen molar-refractivity contribution in [2.75, 3.05) is 19.7 Å². The fourth-order valence-corrected chi connectivity index (χ4v) is 5.52. The molecule has 1 N–H and O–H groups in total. The van der Waals surface area contributed by atoms with Gasteiger partial charge in [-0.1, -0.05) is 13.0 Å². The molecule has 0 bridgehead atoms. The molecule has 0 unspecified atom stereocenters. The van der Waals surface area contributed by atoms with Crippen LogP contribution in [0.1, 0.15) is 47.9 Å². The molecule has 5 nitrogen and oxygen atoms in total. The van der Waals surface area contributed by atoms with Gasteiger partial charge in [-0.2, -0.15) is 26.3 Å². The number of alkyl halides is 6. The monoisotopic (exact) mass is 543 g/mol. The topological polar surface area (TPSA) is 59.0 Å². The lowest BCUT2D eigenvalue weighted by Gasteiger charge is -2.44. The maximum atomic E-state index is 13.4. The first-order valence-electron chi connectivity index (χ1n) is 12.5. The number of nitrogens with zero attached hydrogens (tertiary/aromatic N) is 1. The van der Waals surface area contributed by atoms with Crippen LogP contribution in [-0.4, -0.2) is 41.8 Å². The van der Waals surface area contributed by atoms with Crippen molar-refractivity contribution in [3.63, 3.8) is 0 Å². The summed E-state index contributed by atoms with van der Waals surface area (Å²) >= 11 is 0. The number of aliphatic carboxylic acids is 1. The number of carboxylic acids is 1. The number of rotatable bonds is 7. The highest BCUT2D eigenvalue weighted by Gasteiger charge is 2.42. The van der Waals surface area contributed by atoms with Crippen molar-refractivity contribution in [2.24, 2.45) is 17.8 Å². The summed E-state index contributed by atoms with van der Waals surface area (Å²) in [6.07, 6.45) is -7.94. The third-order valence-corrected chi connectivity index (χ3v) is 7.74. The minimum Gasteiger partial charge on any atom is -0.486 e. The van der Waals surface area contributed by atoms with Crippen LogP contribution in [0.4, 0.5) is 26.3 Å². The van der Waals surface area contributed by atoms with Crippen LogP contribution in [0.2, 0.25) is 0 Å². The minimum absolute atomic E-state index is 0.0795. The van der Waals surface area contributed by atoms with Gasteiger partial charge in [0.25, 0.3) is 0 Å². The zero-order valence-electron chi connectivity index (χ0n) is 20.5. The Labute approximate surface area is 215 Å². The van der Waals surface area contributed by atoms with Crippen molar-refractivity contribution in [3.8, 4) is 11.5 Å². The second kappa shape index (κ2) is 9.66. The molecule has 2 fully saturated rings. The Kier molecular flexibility index (Phi) is 6.77. The van der Waals surface area contributed by atoms with Gasteiger partial charge in [0.15, 0.2) is 11.5 Å². The van der Waals surface area contributed by atoms with Gasteiger partial charge in [-0.3, -0.25) is 9.69 Å². The highest BCUT2D eigenvalue weighted by Crippen LogP contribution is 2.49. The number of hydrogen-bond acceptors (Lipinski definition) is 4. The molecule has 2 aromatic rings. The number of likely N-dealkylation sites (tertiary alicyclic amines) is 1. The Bertz CT molecular complexity index is 1200. The van der Waals surface area contributed by atoms with E-state index in [9.17, 15) is 36.2 Å². The highest BCUT2D eigenvalue weighted by atomic mass is 19.4. The molecule has 5 rings (SSSR count). The summed E-state index contributed by atoms with van der Waals surface area (Å²) in [5.74, 6) is -0.301. The van der Waals surface area contributed by atoms with Crippen LogP contribution in [0.15, 0.2) is 36.4 Å². The quantitative estimate of drug-likeness (QED) is 0.421. The van der Waals surface area contributed by atoms with Crippen molar-refractivity contribution in [2.45, 2.75) is 50.7 Å². The molecule has 206 valence electrons. The predicted octanol–water partition coefficient (Wildman–Crippen LogP) is 6.21. The van der Waals surface area contributed by atoms with E-state index < -0.39 is 40.9 Å². The van der Waals surface area contributed by atoms with E-state index in [1.165, 1.54) is 0 Å². The maximum absolute atomic E-state index is 13.4. The van der Waals surface area contributed by atoms with Crippen molar-refractivity contribution < 1.29 is 45.7 Å². The van der Waals surface area contributed by atoms with Gasteiger partial charge in [0, 0.05) is 25.6 Å². The standard InChI is InChI=1S/C27H27F6NO4/c1-14(25(35)36)24(15-2-3-15)16-4-7-21-22(9-16)38-23(13-37-21)18-11-34(12-18)10-17-8-19(26(28,29)30)5-6-20(17)27(31,32)33/h4-9,14-15,18,23-24H,2-3,10-13H2,1H3,(H,35,36)/t14-,23-,24-/m0/s1. The van der Waals surface area contributed by atoms with Crippen molar-refractivity contribution >= 4 is 5.97 Å². The first-order valence-corrected chi connectivity index (χ1v) is 12.5. The van der Waals surface area contributed by atoms with E-state index >= 15 is 0 Å². The molecule has 1 saturated carbocycles. The second-order valence-corrected chi connectivity index (χ2v) is 10.5. The molecule has 2 aromatic carbocycles. The molecule has 0 aromatic heterocycles. The van der Waals surface area contributed by atoms with Gasteiger partial charge in [-0.15, -0.1) is 0 Å². The molecule has 1 aliphatic carbocycles. The SMILES string of the molecule is C[C@H](C(=O)O)[C@H](c1ccc2c(c1)O[C@H](C1CN(Cc3cc(C(F)(F)F)ccc3C(F)(F)F)C1)CO2)C1CC1. The number of benzene rings is 2. The van der Waals surface area contributed by atoms with E-state index in [1.807, 2.05) is 12.1 Å². The number of ether oxygens (including phenoxy) is 2. The van der Waals surface area contributed by atoms with E-state index in [2.05, 4.69) is 0 Å². The molecule has 2 aliphatic heterocycles. The summed E-state index contributed by atoms with van der Waals surface area (Å²) in [5, 5.41) is 9.55. The number of halogens is 6. The van der Waals surface area contributed by atoms with Gasteiger partial charge in [0.05, 0.1) is 17.0 Å². The second-order valence-electron chi connectivity index (χ2n) is 10.5. The normalized spacial score (nSPS) is 22.0. The van der Waals surface area contributed by atoms with Crippen LogP contribution >= 0.6 is 0 Å². The Morgan fingerprint density at radius 3 is 2.34 bits per heavy atom. The molecule has 2 heterocycles. The Morgan fingerprint density at radius 1 is 1.03 bits per heavy atom. The van der Waals surface area contributed by atoms with Gasteiger partial charge in [0.2, 0.25) is 0 Å². The van der Waals surface area contributed by atoms with Crippen LogP contribution < -0.4 is 9.47 Å². The van der Waals surface area contributed by atoms with E-state index in [4.69, 9.17) is 9.47 Å². The molecular weight excluding hydrogens is 516 g/mol. The van der Waals surface area contributed by atoms with E-state index in [0.717, 1.165) is 18.4 Å². The molecular formula is C27H27F6NO4. The average molecular weight is 544 g/mol. The van der Waals surface area contributed by atoms with Crippen LogP contribution in [0.25, 0.3) is 0 Å². The predicted molar refractivity (Wildman–Crippen MR) is 124 cm³/mol.